The van der Waals surface area contributed by atoms with Crippen molar-refractivity contribution in [3.05, 3.63) is 0 Å². The monoisotopic (exact) mass is 602 g/mol. The summed E-state index contributed by atoms with van der Waals surface area (Å²) < 4.78 is 102. The molecule has 0 N–H and O–H groups in total. The minimum atomic E-state index is -5.17. The van der Waals surface area contributed by atoms with Crippen LogP contribution >= 0.6 is 35.7 Å². The van der Waals surface area contributed by atoms with Crippen molar-refractivity contribution in [3.63, 3.8) is 0 Å². The third-order valence-corrected chi connectivity index (χ3v) is 0. The van der Waals surface area contributed by atoms with E-state index in [0.717, 1.165) is 0 Å². The van der Waals surface area contributed by atoms with Crippen LogP contribution in [0, 0.1) is 0 Å². The Hall–Kier alpha value is 2.63. The van der Waals surface area contributed by atoms with Crippen LogP contribution in [0.5, 0.6) is 0 Å². The first-order chi connectivity index (χ1) is 8.00. The van der Waals surface area contributed by atoms with E-state index in [2.05, 4.69) is 0 Å². The molecule has 0 saturated carbocycles. The molecule has 0 aromatic carbocycles. The standard InChI is InChI=1S/2Al.4ClH.3H2O4S.Sn/c;;;;;;3*1-5(2,3)4;/h;;4*1H;3*(H2,1,2,3,4);/q2*+3;;;;;;;;+4/p-10. The van der Waals surface area contributed by atoms with E-state index in [4.69, 9.17) is 88.3 Å². The van der Waals surface area contributed by atoms with E-state index in [0.29, 0.717) is 0 Å². The van der Waals surface area contributed by atoms with Gasteiger partial charge >= 0.3 is 84.3 Å². The third-order valence-electron chi connectivity index (χ3n) is 0. The molecule has 0 aromatic heterocycles. The van der Waals surface area contributed by atoms with Crippen LogP contribution in [-0.2, 0) is 31.2 Å². The Kier molecular flexibility index (Phi) is 30.7. The molecule has 0 amide bonds. The van der Waals surface area contributed by atoms with E-state index in [1.54, 1.807) is 0 Å². The molecule has 0 aliphatic carbocycles. The minimum absolute atomic E-state index is 0. The zero-order valence-electron chi connectivity index (χ0n) is 9.29. The zero-order chi connectivity index (χ0) is 18.0. The molecule has 0 bridgehead atoms. The van der Waals surface area contributed by atoms with Crippen molar-refractivity contribution < 1.29 is 52.6 Å². The number of rotatable bonds is 0. The van der Waals surface area contributed by atoms with Crippen molar-refractivity contribution in [1.29, 1.82) is 0 Å². The van der Waals surface area contributed by atoms with E-state index in [-0.39, 0.29) is 34.7 Å². The molecule has 0 fully saturated rings. The van der Waals surface area contributed by atoms with Gasteiger partial charge in [-0.05, 0) is 0 Å². The first-order valence-corrected chi connectivity index (χ1v) is 21.2. The van der Waals surface area contributed by atoms with Crippen molar-refractivity contribution in [1.82, 2.24) is 0 Å². The van der Waals surface area contributed by atoms with Crippen molar-refractivity contribution in [3.8, 4) is 0 Å². The maximum atomic E-state index is 8.52. The van der Waals surface area contributed by atoms with Crippen LogP contribution in [0.1, 0.15) is 0 Å². The summed E-state index contributed by atoms with van der Waals surface area (Å²) in [5, 5.41) is 0. The fourth-order valence-corrected chi connectivity index (χ4v) is 0. The van der Waals surface area contributed by atoms with Gasteiger partial charge in [0.05, 0.1) is 0 Å². The number of hydrogen-bond acceptors (Lipinski definition) is 12. The fraction of sp³-hybridized carbons (Fsp3) is 0. The summed E-state index contributed by atoms with van der Waals surface area (Å²) >= 11 is -3.29. The van der Waals surface area contributed by atoms with Crippen LogP contribution in [0.2, 0.25) is 0 Å². The molecule has 0 saturated heterocycles. The molecule has 0 rings (SSSR count). The molecular weight excluding hydrogens is 603 g/mol. The van der Waals surface area contributed by atoms with E-state index in [1.165, 1.54) is 0 Å². The molecule has 0 atom stereocenters. The Labute approximate surface area is 166 Å². The summed E-state index contributed by atoms with van der Waals surface area (Å²) in [6.07, 6.45) is 0. The molecule has 22 heteroatoms. The van der Waals surface area contributed by atoms with E-state index < -0.39 is 45.1 Å². The second-order valence-corrected chi connectivity index (χ2v) is 29.5. The topological polar surface area (TPSA) is 241 Å². The number of halogens is 4. The predicted molar refractivity (Wildman–Crippen MR) is 72.1 cm³/mol. The second-order valence-electron chi connectivity index (χ2n) is 1.65. The van der Waals surface area contributed by atoms with Crippen LogP contribution in [0.15, 0.2) is 0 Å². The quantitative estimate of drug-likeness (QED) is 0.160. The van der Waals surface area contributed by atoms with Crippen LogP contribution in [-0.4, -0.2) is 101 Å². The second kappa shape index (κ2) is 17.1. The molecule has 0 aliphatic rings. The van der Waals surface area contributed by atoms with Gasteiger partial charge in [0.15, 0.2) is 0 Å². The van der Waals surface area contributed by atoms with E-state index in [1.807, 2.05) is 0 Å². The van der Waals surface area contributed by atoms with Crippen molar-refractivity contribution >= 4 is 115 Å². The Morgan fingerprint density at radius 1 is 0.500 bits per heavy atom. The average Bonchev–Trinajstić information content (AvgIpc) is 1.62. The molecule has 0 radical (unpaired) electrons. The van der Waals surface area contributed by atoms with Gasteiger partial charge in [-0.15, -0.1) is 0 Å². The van der Waals surface area contributed by atoms with Crippen molar-refractivity contribution in [2.24, 2.45) is 0 Å². The SMILES string of the molecule is O=S(=O)([O-])[O-].O=S(=O)([O-])[O-].O=S(=O)([O-])[O-].[Al+3].[Al+3].[Cl][Sn]([Cl])([Cl])[Cl]. The van der Waals surface area contributed by atoms with E-state index in [9.17, 15) is 0 Å². The summed E-state index contributed by atoms with van der Waals surface area (Å²) in [5.41, 5.74) is 0. The Balaban J connectivity index is -0.0000000376. The Bertz CT molecular complexity index is 430. The molecule has 22 heavy (non-hydrogen) atoms. The summed E-state index contributed by atoms with van der Waals surface area (Å²) in [6, 6.07) is 0. The van der Waals surface area contributed by atoms with Gasteiger partial charge in [-0.3, -0.25) is 25.3 Å². The van der Waals surface area contributed by atoms with Gasteiger partial charge in [0.1, 0.15) is 0 Å². The molecule has 12 nitrogen and oxygen atoms in total. The van der Waals surface area contributed by atoms with Crippen LogP contribution in [0.3, 0.4) is 0 Å². The first kappa shape index (κ1) is 39.6. The molecule has 0 aliphatic heterocycles. The molecule has 0 aromatic rings. The zero-order valence-corrected chi connectivity index (χ0v) is 19.9. The van der Waals surface area contributed by atoms with Crippen molar-refractivity contribution in [2.45, 2.75) is 0 Å². The molecule has 0 heterocycles. The Morgan fingerprint density at radius 2 is 0.500 bits per heavy atom. The van der Waals surface area contributed by atoms with Gasteiger partial charge in [0.2, 0.25) is 0 Å². The van der Waals surface area contributed by atoms with Gasteiger partial charge in [-0.1, -0.05) is 0 Å². The normalized spacial score (nSPS) is 10.6. The summed E-state index contributed by atoms with van der Waals surface area (Å²) in [6.45, 7) is 0. The summed E-state index contributed by atoms with van der Waals surface area (Å²) in [5.74, 6) is 0. The van der Waals surface area contributed by atoms with Crippen molar-refractivity contribution in [2.75, 3.05) is 0 Å². The van der Waals surface area contributed by atoms with Gasteiger partial charge in [-0.25, -0.2) is 0 Å². The fourth-order valence-electron chi connectivity index (χ4n) is 0. The predicted octanol–water partition coefficient (Wildman–Crippen LogP) is -2.40. The van der Waals surface area contributed by atoms with E-state index >= 15 is 0 Å². The van der Waals surface area contributed by atoms with Crippen LogP contribution in [0.25, 0.3) is 0 Å². The van der Waals surface area contributed by atoms with Gasteiger partial charge in [-0.2, -0.15) is 0 Å². The average molecular weight is 603 g/mol. The molecular formula is Al2Cl4O12S3Sn. The van der Waals surface area contributed by atoms with Gasteiger partial charge in [0.25, 0.3) is 0 Å². The molecule has 0 spiro atoms. The summed E-state index contributed by atoms with van der Waals surface area (Å²) in [4.78, 5) is 0. The first-order valence-electron chi connectivity index (χ1n) is 2.76. The van der Waals surface area contributed by atoms with Crippen LogP contribution < -0.4 is 0 Å². The molecule has 0 unspecified atom stereocenters. The number of hydrogen-bond donors (Lipinski definition) is 0. The summed E-state index contributed by atoms with van der Waals surface area (Å²) in [7, 11) is 4.65. The van der Waals surface area contributed by atoms with Gasteiger partial charge < -0.3 is 27.3 Å². The van der Waals surface area contributed by atoms with Crippen LogP contribution in [0.4, 0.5) is 0 Å². The molecule has 128 valence electrons. The maximum absolute atomic E-state index is 8.52. The Morgan fingerprint density at radius 3 is 0.500 bits per heavy atom. The third kappa shape index (κ3) is 1530. The van der Waals surface area contributed by atoms with Gasteiger partial charge in [0, 0.05) is 31.2 Å².